The maximum absolute atomic E-state index is 12.0. The summed E-state index contributed by atoms with van der Waals surface area (Å²) < 4.78 is 24.0. The number of rotatable bonds is 4. The van der Waals surface area contributed by atoms with Gasteiger partial charge in [-0.1, -0.05) is 42.9 Å². The van der Waals surface area contributed by atoms with Crippen LogP contribution in [0.4, 0.5) is 0 Å². The largest absolute Gasteiger partial charge is 0.393 e. The van der Waals surface area contributed by atoms with Crippen LogP contribution in [0.1, 0.15) is 18.4 Å². The first-order chi connectivity index (χ1) is 8.38. The third-order valence-corrected chi connectivity index (χ3v) is 6.10. The average Bonchev–Trinajstić information content (AvgIpc) is 3.06. The van der Waals surface area contributed by atoms with Gasteiger partial charge in [0, 0.05) is 22.6 Å². The van der Waals surface area contributed by atoms with Gasteiger partial charge in [0.15, 0.2) is 9.84 Å². The predicted octanol–water partition coefficient (Wildman–Crippen LogP) is 2.14. The lowest BCUT2D eigenvalue weighted by atomic mass is 10.1. The van der Waals surface area contributed by atoms with Gasteiger partial charge in [0.05, 0.1) is 10.2 Å². The Labute approximate surface area is 117 Å². The monoisotopic (exact) mass is 303 g/mol. The molecule has 0 bridgehead atoms. The second-order valence-electron chi connectivity index (χ2n) is 4.42. The van der Waals surface area contributed by atoms with Crippen molar-refractivity contribution in [3.63, 3.8) is 0 Å². The fourth-order valence-corrected chi connectivity index (χ4v) is 4.68. The Morgan fingerprint density at radius 3 is 2.39 bits per heavy atom. The van der Waals surface area contributed by atoms with Crippen LogP contribution in [-0.4, -0.2) is 24.4 Å². The molecular weight excluding hydrogens is 290 g/mol. The van der Waals surface area contributed by atoms with Gasteiger partial charge < -0.3 is 5.73 Å². The first-order valence-corrected chi connectivity index (χ1v) is 8.15. The van der Waals surface area contributed by atoms with E-state index in [0.717, 1.165) is 5.56 Å². The fraction of sp³-hybridized carbons (Fsp3) is 0.417. The Hall–Kier alpha value is -0.650. The highest BCUT2D eigenvalue weighted by Crippen LogP contribution is 2.52. The van der Waals surface area contributed by atoms with E-state index in [4.69, 9.17) is 29.6 Å². The van der Waals surface area contributed by atoms with Crippen molar-refractivity contribution in [1.82, 2.24) is 0 Å². The maximum Gasteiger partial charge on any atom is 0.154 e. The SMILES string of the molecule is CCS(=O)(=O)[C@@H]1[C@@H](C(N)=S)[C@@H]1c1ccc(Cl)cc1. The van der Waals surface area contributed by atoms with E-state index in [-0.39, 0.29) is 22.6 Å². The van der Waals surface area contributed by atoms with Crippen LogP contribution >= 0.6 is 23.8 Å². The molecule has 1 aromatic carbocycles. The van der Waals surface area contributed by atoms with Crippen LogP contribution in [0, 0.1) is 5.92 Å². The average molecular weight is 304 g/mol. The lowest BCUT2D eigenvalue weighted by Crippen LogP contribution is -2.18. The molecule has 3 atom stereocenters. The zero-order chi connectivity index (χ0) is 13.5. The zero-order valence-corrected chi connectivity index (χ0v) is 12.2. The molecule has 98 valence electrons. The molecule has 0 aromatic heterocycles. The Balaban J connectivity index is 2.33. The first-order valence-electron chi connectivity index (χ1n) is 5.65. The molecule has 6 heteroatoms. The van der Waals surface area contributed by atoms with Gasteiger partial charge in [-0.3, -0.25) is 0 Å². The van der Waals surface area contributed by atoms with E-state index in [1.807, 2.05) is 12.1 Å². The molecule has 2 rings (SSSR count). The molecule has 1 aliphatic rings. The minimum absolute atomic E-state index is 0.112. The summed E-state index contributed by atoms with van der Waals surface area (Å²) in [6.45, 7) is 1.64. The van der Waals surface area contributed by atoms with Crippen LogP contribution < -0.4 is 5.73 Å². The topological polar surface area (TPSA) is 60.2 Å². The van der Waals surface area contributed by atoms with E-state index >= 15 is 0 Å². The van der Waals surface area contributed by atoms with Crippen LogP contribution in [0.3, 0.4) is 0 Å². The highest BCUT2D eigenvalue weighted by molar-refractivity contribution is 7.92. The number of hydrogen-bond acceptors (Lipinski definition) is 3. The molecule has 0 radical (unpaired) electrons. The van der Waals surface area contributed by atoms with E-state index in [1.165, 1.54) is 0 Å². The standard InChI is InChI=1S/C12H14ClNO2S2/c1-2-18(15,16)11-9(10(11)12(14)17)7-3-5-8(13)6-4-7/h3-6,9-11H,2H2,1H3,(H2,14,17)/t9-,10-,11-/m0/s1. The maximum atomic E-state index is 12.0. The van der Waals surface area contributed by atoms with Gasteiger partial charge in [-0.25, -0.2) is 8.42 Å². The van der Waals surface area contributed by atoms with Gasteiger partial charge in [-0.05, 0) is 17.7 Å². The van der Waals surface area contributed by atoms with Crippen molar-refractivity contribution in [2.75, 3.05) is 5.75 Å². The fourth-order valence-electron chi connectivity index (χ4n) is 2.34. The second kappa shape index (κ2) is 4.79. The van der Waals surface area contributed by atoms with Crippen LogP contribution in [0.25, 0.3) is 0 Å². The van der Waals surface area contributed by atoms with E-state index in [2.05, 4.69) is 0 Å². The third-order valence-electron chi connectivity index (χ3n) is 3.35. The van der Waals surface area contributed by atoms with E-state index in [0.29, 0.717) is 5.02 Å². The third kappa shape index (κ3) is 2.39. The highest BCUT2D eigenvalue weighted by Gasteiger charge is 2.59. The second-order valence-corrected chi connectivity index (χ2v) is 7.78. The van der Waals surface area contributed by atoms with E-state index in [1.54, 1.807) is 19.1 Å². The van der Waals surface area contributed by atoms with Gasteiger partial charge in [-0.2, -0.15) is 0 Å². The molecule has 2 N–H and O–H groups in total. The van der Waals surface area contributed by atoms with Crippen molar-refractivity contribution in [3.8, 4) is 0 Å². The van der Waals surface area contributed by atoms with Crippen molar-refractivity contribution in [2.24, 2.45) is 11.7 Å². The van der Waals surface area contributed by atoms with Gasteiger partial charge in [-0.15, -0.1) is 0 Å². The van der Waals surface area contributed by atoms with Crippen molar-refractivity contribution >= 4 is 38.6 Å². The number of thiocarbonyl (C=S) groups is 1. The quantitative estimate of drug-likeness (QED) is 0.866. The van der Waals surface area contributed by atoms with Crippen LogP contribution in [0.15, 0.2) is 24.3 Å². The first kappa shape index (κ1) is 13.8. The Bertz CT molecular complexity index is 568. The minimum Gasteiger partial charge on any atom is -0.393 e. The highest BCUT2D eigenvalue weighted by atomic mass is 35.5. The Morgan fingerprint density at radius 1 is 1.39 bits per heavy atom. The lowest BCUT2D eigenvalue weighted by molar-refractivity contribution is 0.594. The van der Waals surface area contributed by atoms with Crippen LogP contribution in [0.2, 0.25) is 5.02 Å². The molecule has 0 unspecified atom stereocenters. The Morgan fingerprint density at radius 2 is 1.94 bits per heavy atom. The van der Waals surface area contributed by atoms with Crippen molar-refractivity contribution in [1.29, 1.82) is 0 Å². The summed E-state index contributed by atoms with van der Waals surface area (Å²) in [6, 6.07) is 7.18. The molecular formula is C12H14ClNO2S2. The van der Waals surface area contributed by atoms with E-state index in [9.17, 15) is 8.42 Å². The van der Waals surface area contributed by atoms with Crippen molar-refractivity contribution < 1.29 is 8.42 Å². The molecule has 0 aliphatic heterocycles. The smallest absolute Gasteiger partial charge is 0.154 e. The molecule has 0 saturated heterocycles. The molecule has 3 nitrogen and oxygen atoms in total. The summed E-state index contributed by atoms with van der Waals surface area (Å²) in [5.41, 5.74) is 6.57. The summed E-state index contributed by atoms with van der Waals surface area (Å²) in [4.78, 5) is 0.275. The molecule has 18 heavy (non-hydrogen) atoms. The number of hydrogen-bond donors (Lipinski definition) is 1. The molecule has 0 heterocycles. The summed E-state index contributed by atoms with van der Waals surface area (Å²) in [5, 5.41) is 0.155. The summed E-state index contributed by atoms with van der Waals surface area (Å²) in [6.07, 6.45) is 0. The summed E-state index contributed by atoms with van der Waals surface area (Å²) in [7, 11) is -3.13. The lowest BCUT2D eigenvalue weighted by Gasteiger charge is -2.00. The molecule has 1 aliphatic carbocycles. The molecule has 0 spiro atoms. The van der Waals surface area contributed by atoms with Crippen LogP contribution in [-0.2, 0) is 9.84 Å². The number of sulfone groups is 1. The van der Waals surface area contributed by atoms with Gasteiger partial charge in [0.1, 0.15) is 0 Å². The van der Waals surface area contributed by atoms with Gasteiger partial charge in [0.25, 0.3) is 0 Å². The molecule has 1 aromatic rings. The normalized spacial score (nSPS) is 26.9. The van der Waals surface area contributed by atoms with Crippen molar-refractivity contribution in [3.05, 3.63) is 34.9 Å². The van der Waals surface area contributed by atoms with Gasteiger partial charge >= 0.3 is 0 Å². The van der Waals surface area contributed by atoms with Gasteiger partial charge in [0.2, 0.25) is 0 Å². The number of nitrogens with two attached hydrogens (primary N) is 1. The molecule has 1 fully saturated rings. The molecule has 1 saturated carbocycles. The summed E-state index contributed by atoms with van der Waals surface area (Å²) in [5.74, 6) is -0.253. The minimum atomic E-state index is -3.13. The van der Waals surface area contributed by atoms with Crippen molar-refractivity contribution in [2.45, 2.75) is 18.1 Å². The number of benzene rings is 1. The van der Waals surface area contributed by atoms with Crippen LogP contribution in [0.5, 0.6) is 0 Å². The summed E-state index contributed by atoms with van der Waals surface area (Å²) >= 11 is 10.8. The predicted molar refractivity (Wildman–Crippen MR) is 77.7 cm³/mol. The Kier molecular flexibility index (Phi) is 3.67. The number of halogens is 1. The molecule has 0 amide bonds. The van der Waals surface area contributed by atoms with E-state index < -0.39 is 15.1 Å². The zero-order valence-electron chi connectivity index (χ0n) is 9.84.